The maximum absolute atomic E-state index is 5.85. The molecule has 0 amide bonds. The van der Waals surface area contributed by atoms with E-state index in [0.29, 0.717) is 6.61 Å². The predicted molar refractivity (Wildman–Crippen MR) is 100 cm³/mol. The van der Waals surface area contributed by atoms with Crippen molar-refractivity contribution in [3.05, 3.63) is 30.2 Å². The Morgan fingerprint density at radius 1 is 1.12 bits per heavy atom. The fourth-order valence-electron chi connectivity index (χ4n) is 2.63. The van der Waals surface area contributed by atoms with E-state index in [-0.39, 0.29) is 12.7 Å². The lowest BCUT2D eigenvalue weighted by Gasteiger charge is -2.11. The Kier molecular flexibility index (Phi) is 8.63. The number of hydrogen-bond acceptors (Lipinski definition) is 5. The Hall–Kier alpha value is -1.72. The molecule has 1 heterocycles. The summed E-state index contributed by atoms with van der Waals surface area (Å²) in [7, 11) is 1.61. The molecule has 1 atom stereocenters. The van der Waals surface area contributed by atoms with E-state index in [4.69, 9.17) is 14.2 Å². The monoisotopic (exact) mass is 346 g/mol. The van der Waals surface area contributed by atoms with E-state index in [1.165, 1.54) is 25.7 Å². The Balaban J connectivity index is 1.89. The smallest absolute Gasteiger partial charge is 0.146 e. The SMILES string of the molecule is CCCCCCCOc1ccc2nc(C(C)COCOC)ncc2c1. The lowest BCUT2D eigenvalue weighted by molar-refractivity contribution is -0.0348. The summed E-state index contributed by atoms with van der Waals surface area (Å²) < 4.78 is 16.1. The van der Waals surface area contributed by atoms with Gasteiger partial charge in [0.25, 0.3) is 0 Å². The first-order chi connectivity index (χ1) is 12.2. The molecule has 0 aliphatic heterocycles. The van der Waals surface area contributed by atoms with Crippen LogP contribution in [0.15, 0.2) is 24.4 Å². The Bertz CT molecular complexity index is 633. The van der Waals surface area contributed by atoms with Crippen LogP contribution < -0.4 is 4.74 Å². The van der Waals surface area contributed by atoms with E-state index < -0.39 is 0 Å². The molecule has 0 bridgehead atoms. The van der Waals surface area contributed by atoms with Crippen LogP contribution >= 0.6 is 0 Å². The number of unbranched alkanes of at least 4 members (excludes halogenated alkanes) is 4. The van der Waals surface area contributed by atoms with Crippen molar-refractivity contribution in [2.45, 2.75) is 51.9 Å². The molecule has 0 aliphatic rings. The molecule has 5 nitrogen and oxygen atoms in total. The summed E-state index contributed by atoms with van der Waals surface area (Å²) in [6, 6.07) is 5.99. The summed E-state index contributed by atoms with van der Waals surface area (Å²) in [5, 5.41) is 0.997. The van der Waals surface area contributed by atoms with Crippen molar-refractivity contribution in [2.24, 2.45) is 0 Å². The molecule has 25 heavy (non-hydrogen) atoms. The number of benzene rings is 1. The van der Waals surface area contributed by atoms with Crippen molar-refractivity contribution < 1.29 is 14.2 Å². The van der Waals surface area contributed by atoms with Crippen LogP contribution in [0.2, 0.25) is 0 Å². The fraction of sp³-hybridized carbons (Fsp3) is 0.600. The maximum atomic E-state index is 5.85. The molecular formula is C20H30N2O3. The average molecular weight is 346 g/mol. The number of fused-ring (bicyclic) bond motifs is 1. The fourth-order valence-corrected chi connectivity index (χ4v) is 2.63. The van der Waals surface area contributed by atoms with Crippen LogP contribution in [0.25, 0.3) is 10.9 Å². The molecule has 0 fully saturated rings. The van der Waals surface area contributed by atoms with Crippen LogP contribution in [-0.4, -0.2) is 37.1 Å². The predicted octanol–water partition coefficient (Wildman–Crippen LogP) is 4.70. The van der Waals surface area contributed by atoms with Gasteiger partial charge in [-0.05, 0) is 24.6 Å². The third-order valence-corrected chi connectivity index (χ3v) is 4.10. The van der Waals surface area contributed by atoms with Crippen LogP contribution in [0.3, 0.4) is 0 Å². The van der Waals surface area contributed by atoms with E-state index in [1.54, 1.807) is 7.11 Å². The number of aromatic nitrogens is 2. The minimum absolute atomic E-state index is 0.124. The van der Waals surface area contributed by atoms with Crippen LogP contribution in [0.5, 0.6) is 5.75 Å². The zero-order chi connectivity index (χ0) is 17.9. The largest absolute Gasteiger partial charge is 0.494 e. The van der Waals surface area contributed by atoms with Crippen molar-refractivity contribution >= 4 is 10.9 Å². The van der Waals surface area contributed by atoms with Gasteiger partial charge in [-0.3, -0.25) is 0 Å². The zero-order valence-corrected chi connectivity index (χ0v) is 15.7. The third-order valence-electron chi connectivity index (χ3n) is 4.10. The molecule has 0 aliphatic carbocycles. The average Bonchev–Trinajstić information content (AvgIpc) is 2.64. The van der Waals surface area contributed by atoms with Gasteiger partial charge in [-0.15, -0.1) is 0 Å². The summed E-state index contributed by atoms with van der Waals surface area (Å²) in [6.45, 7) is 5.87. The molecule has 0 spiro atoms. The minimum Gasteiger partial charge on any atom is -0.494 e. The summed E-state index contributed by atoms with van der Waals surface area (Å²) in [5.74, 6) is 1.79. The quantitative estimate of drug-likeness (QED) is 0.412. The first-order valence-electron chi connectivity index (χ1n) is 9.20. The highest BCUT2D eigenvalue weighted by molar-refractivity contribution is 5.79. The third kappa shape index (κ3) is 6.59. The van der Waals surface area contributed by atoms with E-state index in [0.717, 1.165) is 35.5 Å². The Morgan fingerprint density at radius 3 is 2.76 bits per heavy atom. The van der Waals surface area contributed by atoms with E-state index >= 15 is 0 Å². The molecule has 2 rings (SSSR count). The molecule has 1 aromatic carbocycles. The summed E-state index contributed by atoms with van der Waals surface area (Å²) >= 11 is 0. The highest BCUT2D eigenvalue weighted by Crippen LogP contribution is 2.21. The normalized spacial score (nSPS) is 12.4. The summed E-state index contributed by atoms with van der Waals surface area (Å²) in [6.07, 6.45) is 8.07. The Morgan fingerprint density at radius 2 is 1.96 bits per heavy atom. The van der Waals surface area contributed by atoms with E-state index in [1.807, 2.05) is 31.3 Å². The van der Waals surface area contributed by atoms with Gasteiger partial charge in [0.1, 0.15) is 18.4 Å². The number of nitrogens with zero attached hydrogens (tertiary/aromatic N) is 2. The van der Waals surface area contributed by atoms with Gasteiger partial charge in [-0.1, -0.05) is 39.5 Å². The van der Waals surface area contributed by atoms with Crippen molar-refractivity contribution in [3.63, 3.8) is 0 Å². The van der Waals surface area contributed by atoms with Gasteiger partial charge in [0, 0.05) is 24.6 Å². The van der Waals surface area contributed by atoms with Crippen molar-refractivity contribution in [3.8, 4) is 5.75 Å². The molecule has 5 heteroatoms. The first-order valence-corrected chi connectivity index (χ1v) is 9.20. The molecule has 0 radical (unpaired) electrons. The molecule has 0 saturated carbocycles. The van der Waals surface area contributed by atoms with Crippen LogP contribution in [-0.2, 0) is 9.47 Å². The van der Waals surface area contributed by atoms with Gasteiger partial charge in [0.15, 0.2) is 0 Å². The molecule has 0 N–H and O–H groups in total. The lowest BCUT2D eigenvalue weighted by Crippen LogP contribution is -2.09. The van der Waals surface area contributed by atoms with Gasteiger partial charge in [-0.2, -0.15) is 0 Å². The van der Waals surface area contributed by atoms with Gasteiger partial charge in [0.05, 0.1) is 18.7 Å². The number of rotatable bonds is 12. The number of ether oxygens (including phenoxy) is 3. The van der Waals surface area contributed by atoms with Crippen molar-refractivity contribution in [2.75, 3.05) is 27.1 Å². The molecule has 2 aromatic rings. The van der Waals surface area contributed by atoms with E-state index in [2.05, 4.69) is 16.9 Å². The molecular weight excluding hydrogens is 316 g/mol. The number of hydrogen-bond donors (Lipinski definition) is 0. The minimum atomic E-state index is 0.124. The molecule has 138 valence electrons. The summed E-state index contributed by atoms with van der Waals surface area (Å²) in [5.41, 5.74) is 0.930. The molecule has 1 unspecified atom stereocenters. The zero-order valence-electron chi connectivity index (χ0n) is 15.7. The number of methoxy groups -OCH3 is 1. The molecule has 1 aromatic heterocycles. The first kappa shape index (κ1) is 19.6. The van der Waals surface area contributed by atoms with Crippen LogP contribution in [0.1, 0.15) is 57.7 Å². The van der Waals surface area contributed by atoms with Crippen LogP contribution in [0.4, 0.5) is 0 Å². The topological polar surface area (TPSA) is 53.5 Å². The summed E-state index contributed by atoms with van der Waals surface area (Å²) in [4.78, 5) is 9.11. The van der Waals surface area contributed by atoms with Crippen LogP contribution in [0, 0.1) is 0 Å². The standard InChI is InChI=1S/C20H30N2O3/c1-4-5-6-7-8-11-25-18-9-10-19-17(12-18)13-21-20(22-19)16(2)14-24-15-23-3/h9-10,12-13,16H,4-8,11,14-15H2,1-3H3. The van der Waals surface area contributed by atoms with E-state index in [9.17, 15) is 0 Å². The van der Waals surface area contributed by atoms with Crippen molar-refractivity contribution in [1.82, 2.24) is 9.97 Å². The lowest BCUT2D eigenvalue weighted by atomic mass is 10.1. The highest BCUT2D eigenvalue weighted by atomic mass is 16.7. The second-order valence-corrected chi connectivity index (χ2v) is 6.39. The van der Waals surface area contributed by atoms with Gasteiger partial charge >= 0.3 is 0 Å². The van der Waals surface area contributed by atoms with Gasteiger partial charge in [0.2, 0.25) is 0 Å². The molecule has 0 saturated heterocycles. The second kappa shape index (κ2) is 11.0. The second-order valence-electron chi connectivity index (χ2n) is 6.39. The van der Waals surface area contributed by atoms with Gasteiger partial charge in [-0.25, -0.2) is 9.97 Å². The Labute approximate surface area is 150 Å². The van der Waals surface area contributed by atoms with Crippen molar-refractivity contribution in [1.29, 1.82) is 0 Å². The maximum Gasteiger partial charge on any atom is 0.146 e. The highest BCUT2D eigenvalue weighted by Gasteiger charge is 2.10. The van der Waals surface area contributed by atoms with Gasteiger partial charge < -0.3 is 14.2 Å².